The van der Waals surface area contributed by atoms with E-state index in [0.29, 0.717) is 23.7 Å². The number of aryl methyl sites for hydroxylation is 1. The van der Waals surface area contributed by atoms with Crippen molar-refractivity contribution in [2.24, 2.45) is 0 Å². The summed E-state index contributed by atoms with van der Waals surface area (Å²) < 4.78 is 6.64. The average Bonchev–Trinajstić information content (AvgIpc) is 3.08. The lowest BCUT2D eigenvalue weighted by Crippen LogP contribution is -2.28. The Hall–Kier alpha value is -3.68. The second-order valence-corrected chi connectivity index (χ2v) is 6.60. The van der Waals surface area contributed by atoms with Gasteiger partial charge in [-0.15, -0.1) is 5.10 Å². The Kier molecular flexibility index (Phi) is 6.23. The summed E-state index contributed by atoms with van der Waals surface area (Å²) in [5, 5.41) is 13.5. The zero-order valence-electron chi connectivity index (χ0n) is 16.6. The van der Waals surface area contributed by atoms with Crippen LogP contribution in [0.1, 0.15) is 27.3 Å². The van der Waals surface area contributed by atoms with Crippen LogP contribution in [-0.2, 0) is 17.9 Å². The molecule has 2 amide bonds. The summed E-state index contributed by atoms with van der Waals surface area (Å²) in [6.07, 6.45) is 0. The molecule has 0 aliphatic heterocycles. The van der Waals surface area contributed by atoms with E-state index >= 15 is 0 Å². The number of anilines is 1. The van der Waals surface area contributed by atoms with Gasteiger partial charge in [0.15, 0.2) is 5.69 Å². The minimum atomic E-state index is -0.418. The highest BCUT2D eigenvalue weighted by molar-refractivity contribution is 6.04. The fourth-order valence-electron chi connectivity index (χ4n) is 2.75. The number of amides is 2. The summed E-state index contributed by atoms with van der Waals surface area (Å²) in [5.41, 5.74) is 3.36. The number of hydrogen-bond donors (Lipinski definition) is 2. The molecule has 2 N–H and O–H groups in total. The van der Waals surface area contributed by atoms with Gasteiger partial charge in [0.1, 0.15) is 12.3 Å². The predicted molar refractivity (Wildman–Crippen MR) is 109 cm³/mol. The van der Waals surface area contributed by atoms with Crippen molar-refractivity contribution in [2.45, 2.75) is 26.9 Å². The maximum absolute atomic E-state index is 12.6. The van der Waals surface area contributed by atoms with Gasteiger partial charge in [0.05, 0.1) is 18.5 Å². The summed E-state index contributed by atoms with van der Waals surface area (Å²) in [6, 6.07) is 15.0. The van der Waals surface area contributed by atoms with Crippen LogP contribution in [0, 0.1) is 13.8 Å². The van der Waals surface area contributed by atoms with Crippen LogP contribution in [0.15, 0.2) is 48.5 Å². The van der Waals surface area contributed by atoms with Gasteiger partial charge >= 0.3 is 0 Å². The third kappa shape index (κ3) is 4.98. The highest BCUT2D eigenvalue weighted by Gasteiger charge is 2.19. The number of rotatable bonds is 7. The first-order valence-corrected chi connectivity index (χ1v) is 9.14. The number of hydrogen-bond acceptors (Lipinski definition) is 5. The number of benzene rings is 2. The van der Waals surface area contributed by atoms with Crippen LogP contribution in [0.3, 0.4) is 0 Å². The highest BCUT2D eigenvalue weighted by atomic mass is 16.5. The molecule has 0 bridgehead atoms. The van der Waals surface area contributed by atoms with Crippen molar-refractivity contribution in [2.75, 3.05) is 12.4 Å². The topological polar surface area (TPSA) is 98.1 Å². The average molecular weight is 393 g/mol. The monoisotopic (exact) mass is 393 g/mol. The zero-order chi connectivity index (χ0) is 20.8. The first kappa shape index (κ1) is 20.1. The van der Waals surface area contributed by atoms with Crippen LogP contribution >= 0.6 is 0 Å². The van der Waals surface area contributed by atoms with Crippen molar-refractivity contribution in [1.82, 2.24) is 20.3 Å². The summed E-state index contributed by atoms with van der Waals surface area (Å²) in [5.74, 6) is -0.0880. The number of ether oxygens (including phenoxy) is 1. The van der Waals surface area contributed by atoms with E-state index in [4.69, 9.17) is 4.74 Å². The van der Waals surface area contributed by atoms with Crippen molar-refractivity contribution in [3.8, 4) is 5.75 Å². The molecule has 0 unspecified atom stereocenters. The van der Waals surface area contributed by atoms with Gasteiger partial charge in [0, 0.05) is 6.54 Å². The Balaban J connectivity index is 1.61. The molecule has 3 rings (SSSR count). The molecule has 2 aromatic carbocycles. The molecule has 0 atom stereocenters. The van der Waals surface area contributed by atoms with Crippen molar-refractivity contribution in [1.29, 1.82) is 0 Å². The number of para-hydroxylation sites is 2. The molecule has 29 heavy (non-hydrogen) atoms. The number of methoxy groups -OCH3 is 1. The first-order valence-electron chi connectivity index (χ1n) is 9.14. The summed E-state index contributed by atoms with van der Waals surface area (Å²) in [7, 11) is 1.53. The summed E-state index contributed by atoms with van der Waals surface area (Å²) >= 11 is 0. The van der Waals surface area contributed by atoms with E-state index in [1.54, 1.807) is 25.1 Å². The van der Waals surface area contributed by atoms with Crippen LogP contribution in [0.5, 0.6) is 5.75 Å². The lowest BCUT2D eigenvalue weighted by atomic mass is 10.1. The van der Waals surface area contributed by atoms with E-state index < -0.39 is 5.91 Å². The van der Waals surface area contributed by atoms with Crippen molar-refractivity contribution >= 4 is 17.5 Å². The zero-order valence-corrected chi connectivity index (χ0v) is 16.6. The standard InChI is InChI=1S/C21H23N5O3/c1-14-8-10-16(11-9-14)12-22-19(27)13-26-15(2)20(24-25-26)21(28)23-17-6-4-5-7-18(17)29-3/h4-11H,12-13H2,1-3H3,(H,22,27)(H,23,28). The fraction of sp³-hybridized carbons (Fsp3) is 0.238. The molecule has 0 saturated carbocycles. The second-order valence-electron chi connectivity index (χ2n) is 6.60. The normalized spacial score (nSPS) is 10.4. The smallest absolute Gasteiger partial charge is 0.278 e. The Morgan fingerprint density at radius 2 is 1.79 bits per heavy atom. The van der Waals surface area contributed by atoms with Gasteiger partial charge in [0.2, 0.25) is 5.91 Å². The van der Waals surface area contributed by atoms with E-state index in [1.807, 2.05) is 37.3 Å². The van der Waals surface area contributed by atoms with Gasteiger partial charge in [-0.25, -0.2) is 4.68 Å². The van der Waals surface area contributed by atoms with Crippen molar-refractivity contribution in [3.63, 3.8) is 0 Å². The molecule has 0 saturated heterocycles. The quantitative estimate of drug-likeness (QED) is 0.643. The van der Waals surface area contributed by atoms with E-state index in [9.17, 15) is 9.59 Å². The third-order valence-electron chi connectivity index (χ3n) is 4.46. The van der Waals surface area contributed by atoms with Crippen LogP contribution in [0.2, 0.25) is 0 Å². The Labute approximate surface area is 168 Å². The molecule has 1 aromatic heterocycles. The van der Waals surface area contributed by atoms with Gasteiger partial charge in [-0.1, -0.05) is 47.2 Å². The largest absolute Gasteiger partial charge is 0.495 e. The minimum absolute atomic E-state index is 0.0212. The van der Waals surface area contributed by atoms with Gasteiger partial charge in [-0.05, 0) is 31.5 Å². The molecule has 0 radical (unpaired) electrons. The SMILES string of the molecule is COc1ccccc1NC(=O)c1nnn(CC(=O)NCc2ccc(C)cc2)c1C. The maximum Gasteiger partial charge on any atom is 0.278 e. The second kappa shape index (κ2) is 9.01. The van der Waals surface area contributed by atoms with E-state index in [1.165, 1.54) is 11.8 Å². The highest BCUT2D eigenvalue weighted by Crippen LogP contribution is 2.23. The van der Waals surface area contributed by atoms with Crippen molar-refractivity contribution < 1.29 is 14.3 Å². The van der Waals surface area contributed by atoms with Crippen LogP contribution in [0.25, 0.3) is 0 Å². The van der Waals surface area contributed by atoms with E-state index in [0.717, 1.165) is 11.1 Å². The molecule has 8 nitrogen and oxygen atoms in total. The lowest BCUT2D eigenvalue weighted by molar-refractivity contribution is -0.122. The molecule has 3 aromatic rings. The first-order chi connectivity index (χ1) is 14.0. The minimum Gasteiger partial charge on any atom is -0.495 e. The number of nitrogens with zero attached hydrogens (tertiary/aromatic N) is 3. The number of carbonyl (C=O) groups excluding carboxylic acids is 2. The molecular formula is C21H23N5O3. The predicted octanol–water partition coefficient (Wildman–Crippen LogP) is 2.47. The Bertz CT molecular complexity index is 1010. The molecule has 150 valence electrons. The van der Waals surface area contributed by atoms with Crippen LogP contribution in [-0.4, -0.2) is 33.9 Å². The number of carbonyl (C=O) groups is 2. The van der Waals surface area contributed by atoms with Gasteiger partial charge < -0.3 is 15.4 Å². The molecule has 1 heterocycles. The molecule has 0 aliphatic rings. The fourth-order valence-corrected chi connectivity index (χ4v) is 2.75. The molecule has 0 fully saturated rings. The lowest BCUT2D eigenvalue weighted by Gasteiger charge is -2.09. The Morgan fingerprint density at radius 1 is 1.07 bits per heavy atom. The van der Waals surface area contributed by atoms with Crippen LogP contribution < -0.4 is 15.4 Å². The molecular weight excluding hydrogens is 370 g/mol. The maximum atomic E-state index is 12.6. The Morgan fingerprint density at radius 3 is 2.52 bits per heavy atom. The summed E-state index contributed by atoms with van der Waals surface area (Å²) in [6.45, 7) is 4.11. The third-order valence-corrected chi connectivity index (χ3v) is 4.46. The number of nitrogens with one attached hydrogen (secondary N) is 2. The number of aromatic nitrogens is 3. The molecule has 0 aliphatic carbocycles. The van der Waals surface area contributed by atoms with Gasteiger partial charge in [-0.2, -0.15) is 0 Å². The van der Waals surface area contributed by atoms with Gasteiger partial charge in [-0.3, -0.25) is 9.59 Å². The van der Waals surface area contributed by atoms with E-state index in [2.05, 4.69) is 20.9 Å². The van der Waals surface area contributed by atoms with E-state index in [-0.39, 0.29) is 18.1 Å². The van der Waals surface area contributed by atoms with Crippen molar-refractivity contribution in [3.05, 3.63) is 71.0 Å². The molecule has 0 spiro atoms. The molecule has 8 heteroatoms. The summed E-state index contributed by atoms with van der Waals surface area (Å²) in [4.78, 5) is 24.8. The van der Waals surface area contributed by atoms with Gasteiger partial charge in [0.25, 0.3) is 5.91 Å². The van der Waals surface area contributed by atoms with Crippen LogP contribution in [0.4, 0.5) is 5.69 Å².